The summed E-state index contributed by atoms with van der Waals surface area (Å²) in [4.78, 5) is 12.1. The summed E-state index contributed by atoms with van der Waals surface area (Å²) in [5.74, 6) is 1.30. The van der Waals surface area contributed by atoms with E-state index in [0.29, 0.717) is 35.9 Å². The molecule has 0 fully saturated rings. The van der Waals surface area contributed by atoms with Crippen LogP contribution in [0.4, 0.5) is 5.69 Å². The highest BCUT2D eigenvalue weighted by atomic mass is 35.5. The third kappa shape index (κ3) is 5.68. The molecule has 4 nitrogen and oxygen atoms in total. The van der Waals surface area contributed by atoms with Crippen molar-refractivity contribution in [3.05, 3.63) is 52.5 Å². The first kappa shape index (κ1) is 19.1. The van der Waals surface area contributed by atoms with Crippen molar-refractivity contribution in [3.63, 3.8) is 0 Å². The molecule has 0 aliphatic rings. The maximum absolute atomic E-state index is 12.1. The van der Waals surface area contributed by atoms with Crippen molar-refractivity contribution in [2.45, 2.75) is 33.1 Å². The number of nitrogens with one attached hydrogen (secondary N) is 1. The van der Waals surface area contributed by atoms with E-state index in [4.69, 9.17) is 21.1 Å². The van der Waals surface area contributed by atoms with Crippen molar-refractivity contribution < 1.29 is 14.3 Å². The number of rotatable bonds is 8. The number of carbonyl (C=O) groups is 1. The zero-order valence-corrected chi connectivity index (χ0v) is 15.7. The minimum absolute atomic E-state index is 0.0787. The summed E-state index contributed by atoms with van der Waals surface area (Å²) < 4.78 is 10.9. The van der Waals surface area contributed by atoms with Crippen LogP contribution in [0.25, 0.3) is 0 Å². The highest BCUT2D eigenvalue weighted by Gasteiger charge is 2.10. The van der Waals surface area contributed by atoms with Crippen LogP contribution in [0.1, 0.15) is 30.9 Å². The Morgan fingerprint density at radius 1 is 1.20 bits per heavy atom. The topological polar surface area (TPSA) is 47.6 Å². The summed E-state index contributed by atoms with van der Waals surface area (Å²) in [6.45, 7) is 4.50. The second-order valence-corrected chi connectivity index (χ2v) is 6.21. The van der Waals surface area contributed by atoms with Crippen LogP contribution in [0.2, 0.25) is 5.02 Å². The van der Waals surface area contributed by atoms with Crippen molar-refractivity contribution in [2.24, 2.45) is 0 Å². The van der Waals surface area contributed by atoms with E-state index in [0.717, 1.165) is 17.7 Å². The van der Waals surface area contributed by atoms with Gasteiger partial charge in [0.05, 0.1) is 19.4 Å². The van der Waals surface area contributed by atoms with E-state index < -0.39 is 0 Å². The number of aryl methyl sites for hydroxylation is 2. The van der Waals surface area contributed by atoms with Gasteiger partial charge in [0.2, 0.25) is 5.91 Å². The highest BCUT2D eigenvalue weighted by molar-refractivity contribution is 6.31. The fourth-order valence-electron chi connectivity index (χ4n) is 2.39. The molecule has 1 amide bonds. The molecule has 134 valence electrons. The van der Waals surface area contributed by atoms with E-state index in [2.05, 4.69) is 24.4 Å². The van der Waals surface area contributed by atoms with Crippen LogP contribution in [0, 0.1) is 6.92 Å². The average molecular weight is 362 g/mol. The summed E-state index contributed by atoms with van der Waals surface area (Å²) in [5.41, 5.74) is 2.79. The Labute approximate surface area is 154 Å². The number of benzene rings is 2. The molecule has 0 saturated heterocycles. The SMILES string of the molecule is CCc1ccc(OCCCC(=O)Nc2cc(C)c(Cl)cc2OC)cc1. The molecule has 5 heteroatoms. The number of ether oxygens (including phenoxy) is 2. The quantitative estimate of drug-likeness (QED) is 0.672. The van der Waals surface area contributed by atoms with Crippen LogP contribution in [0.15, 0.2) is 36.4 Å². The number of carbonyl (C=O) groups excluding carboxylic acids is 1. The van der Waals surface area contributed by atoms with Gasteiger partial charge in [-0.25, -0.2) is 0 Å². The molecule has 0 bridgehead atoms. The molecule has 1 N–H and O–H groups in total. The van der Waals surface area contributed by atoms with Gasteiger partial charge in [-0.2, -0.15) is 0 Å². The second kappa shape index (κ2) is 9.33. The van der Waals surface area contributed by atoms with E-state index in [1.165, 1.54) is 5.56 Å². The largest absolute Gasteiger partial charge is 0.495 e. The summed E-state index contributed by atoms with van der Waals surface area (Å²) >= 11 is 6.07. The lowest BCUT2D eigenvalue weighted by molar-refractivity contribution is -0.116. The molecular weight excluding hydrogens is 338 g/mol. The van der Waals surface area contributed by atoms with Gasteiger partial charge in [-0.05, 0) is 49.1 Å². The van der Waals surface area contributed by atoms with Gasteiger partial charge in [0, 0.05) is 17.5 Å². The highest BCUT2D eigenvalue weighted by Crippen LogP contribution is 2.31. The molecule has 2 rings (SSSR count). The molecule has 0 saturated carbocycles. The van der Waals surface area contributed by atoms with Gasteiger partial charge in [0.15, 0.2) is 0 Å². The number of halogens is 1. The zero-order chi connectivity index (χ0) is 18.2. The van der Waals surface area contributed by atoms with Crippen LogP contribution in [-0.2, 0) is 11.2 Å². The number of amides is 1. The van der Waals surface area contributed by atoms with Crippen molar-refractivity contribution in [1.29, 1.82) is 0 Å². The molecule has 0 radical (unpaired) electrons. The van der Waals surface area contributed by atoms with Crippen LogP contribution in [-0.4, -0.2) is 19.6 Å². The van der Waals surface area contributed by atoms with Crippen molar-refractivity contribution >= 4 is 23.2 Å². The van der Waals surface area contributed by atoms with Crippen molar-refractivity contribution in [3.8, 4) is 11.5 Å². The minimum atomic E-state index is -0.0787. The van der Waals surface area contributed by atoms with Crippen LogP contribution in [0.5, 0.6) is 11.5 Å². The molecule has 0 aliphatic heterocycles. The summed E-state index contributed by atoms with van der Waals surface area (Å²) in [6.07, 6.45) is 2.02. The molecule has 0 aromatic heterocycles. The Hall–Kier alpha value is -2.20. The second-order valence-electron chi connectivity index (χ2n) is 5.80. The normalized spacial score (nSPS) is 10.4. The number of hydrogen-bond donors (Lipinski definition) is 1. The first-order valence-corrected chi connectivity index (χ1v) is 8.77. The Morgan fingerprint density at radius 2 is 1.92 bits per heavy atom. The zero-order valence-electron chi connectivity index (χ0n) is 14.9. The number of anilines is 1. The Balaban J connectivity index is 1.80. The van der Waals surface area contributed by atoms with Gasteiger partial charge in [0.25, 0.3) is 0 Å². The third-order valence-corrected chi connectivity index (χ3v) is 4.31. The Kier molecular flexibility index (Phi) is 7.14. The first-order valence-electron chi connectivity index (χ1n) is 8.39. The predicted molar refractivity (Wildman–Crippen MR) is 102 cm³/mol. The fraction of sp³-hybridized carbons (Fsp3) is 0.350. The van der Waals surface area contributed by atoms with Crippen LogP contribution in [0.3, 0.4) is 0 Å². The average Bonchev–Trinajstić information content (AvgIpc) is 2.62. The lowest BCUT2D eigenvalue weighted by Gasteiger charge is -2.12. The van der Waals surface area contributed by atoms with Crippen LogP contribution >= 0.6 is 11.6 Å². The van der Waals surface area contributed by atoms with Crippen molar-refractivity contribution in [1.82, 2.24) is 0 Å². The van der Waals surface area contributed by atoms with Gasteiger partial charge in [0.1, 0.15) is 11.5 Å². The van der Waals surface area contributed by atoms with Crippen LogP contribution < -0.4 is 14.8 Å². The number of methoxy groups -OCH3 is 1. The molecule has 0 atom stereocenters. The standard InChI is InChI=1S/C20H24ClNO3/c1-4-15-7-9-16(10-8-15)25-11-5-6-20(23)22-18-12-14(2)17(21)13-19(18)24-3/h7-10,12-13H,4-6,11H2,1-3H3,(H,22,23). The lowest BCUT2D eigenvalue weighted by Crippen LogP contribution is -2.13. The molecule has 2 aromatic carbocycles. The molecule has 0 spiro atoms. The number of hydrogen-bond acceptors (Lipinski definition) is 3. The van der Waals surface area contributed by atoms with E-state index in [-0.39, 0.29) is 5.91 Å². The Morgan fingerprint density at radius 3 is 2.56 bits per heavy atom. The van der Waals surface area contributed by atoms with Gasteiger partial charge >= 0.3 is 0 Å². The Bertz CT molecular complexity index is 714. The van der Waals surface area contributed by atoms with E-state index in [1.54, 1.807) is 13.2 Å². The molecule has 0 heterocycles. The first-order chi connectivity index (χ1) is 12.0. The van der Waals surface area contributed by atoms with Gasteiger partial charge < -0.3 is 14.8 Å². The minimum Gasteiger partial charge on any atom is -0.495 e. The molecular formula is C20H24ClNO3. The predicted octanol–water partition coefficient (Wildman–Crippen LogP) is 5.02. The smallest absolute Gasteiger partial charge is 0.224 e. The van der Waals surface area contributed by atoms with Gasteiger partial charge in [-0.1, -0.05) is 30.7 Å². The van der Waals surface area contributed by atoms with Gasteiger partial charge in [-0.15, -0.1) is 0 Å². The maximum atomic E-state index is 12.1. The van der Waals surface area contributed by atoms with E-state index >= 15 is 0 Å². The molecule has 0 unspecified atom stereocenters. The van der Waals surface area contributed by atoms with Crippen molar-refractivity contribution in [2.75, 3.05) is 19.0 Å². The maximum Gasteiger partial charge on any atom is 0.224 e. The lowest BCUT2D eigenvalue weighted by atomic mass is 10.2. The summed E-state index contributed by atoms with van der Waals surface area (Å²) in [7, 11) is 1.55. The summed E-state index contributed by atoms with van der Waals surface area (Å²) in [6, 6.07) is 11.5. The molecule has 25 heavy (non-hydrogen) atoms. The van der Waals surface area contributed by atoms with E-state index in [9.17, 15) is 4.79 Å². The van der Waals surface area contributed by atoms with Gasteiger partial charge in [-0.3, -0.25) is 4.79 Å². The van der Waals surface area contributed by atoms with E-state index in [1.807, 2.05) is 25.1 Å². The third-order valence-electron chi connectivity index (χ3n) is 3.90. The molecule has 2 aromatic rings. The monoisotopic (exact) mass is 361 g/mol. The molecule has 0 aliphatic carbocycles. The fourth-order valence-corrected chi connectivity index (χ4v) is 2.54. The summed E-state index contributed by atoms with van der Waals surface area (Å²) in [5, 5.41) is 3.47.